The van der Waals surface area contributed by atoms with Gasteiger partial charge in [-0.05, 0) is 24.3 Å². The Morgan fingerprint density at radius 3 is 2.79 bits per heavy atom. The highest BCUT2D eigenvalue weighted by atomic mass is 32.1. The fourth-order valence-electron chi connectivity index (χ4n) is 2.10. The third-order valence-corrected chi connectivity index (χ3v) is 4.09. The lowest BCUT2D eigenvalue weighted by Crippen LogP contribution is -2.05. The Labute approximate surface area is 112 Å². The number of H-pyrrole nitrogens is 1. The van der Waals surface area contributed by atoms with E-state index >= 15 is 0 Å². The van der Waals surface area contributed by atoms with Gasteiger partial charge in [-0.3, -0.25) is 4.79 Å². The number of aromatic hydroxyl groups is 1. The van der Waals surface area contributed by atoms with Crippen molar-refractivity contribution in [1.29, 1.82) is 0 Å². The van der Waals surface area contributed by atoms with E-state index in [-0.39, 0.29) is 17.9 Å². The number of hydrogen-bond acceptors (Lipinski definition) is 4. The van der Waals surface area contributed by atoms with E-state index in [2.05, 4.69) is 4.98 Å². The van der Waals surface area contributed by atoms with Crippen LogP contribution in [-0.4, -0.2) is 15.2 Å². The van der Waals surface area contributed by atoms with Crippen molar-refractivity contribution in [3.63, 3.8) is 0 Å². The number of nitrogens with one attached hydrogen (secondary N) is 1. The highest BCUT2D eigenvalue weighted by Crippen LogP contribution is 2.36. The van der Waals surface area contributed by atoms with Gasteiger partial charge in [0.2, 0.25) is 0 Å². The summed E-state index contributed by atoms with van der Waals surface area (Å²) in [5.74, 6) is 0.0811. The molecule has 5 heteroatoms. The van der Waals surface area contributed by atoms with Gasteiger partial charge in [0, 0.05) is 26.9 Å². The van der Waals surface area contributed by atoms with Crippen LogP contribution >= 0.6 is 11.3 Å². The topological polar surface area (TPSA) is 73.3 Å². The maximum atomic E-state index is 11.8. The van der Waals surface area contributed by atoms with Crippen LogP contribution in [0, 0.1) is 0 Å². The molecule has 96 valence electrons. The van der Waals surface area contributed by atoms with E-state index in [1.165, 1.54) is 11.3 Å². The van der Waals surface area contributed by atoms with E-state index in [9.17, 15) is 9.90 Å². The minimum Gasteiger partial charge on any atom is -0.507 e. The summed E-state index contributed by atoms with van der Waals surface area (Å²) in [6.45, 7) is -0.0159. The van der Waals surface area contributed by atoms with Crippen LogP contribution in [0.15, 0.2) is 41.3 Å². The van der Waals surface area contributed by atoms with Gasteiger partial charge in [-0.1, -0.05) is 6.07 Å². The van der Waals surface area contributed by atoms with Gasteiger partial charge in [0.15, 0.2) is 0 Å². The monoisotopic (exact) mass is 273 g/mol. The zero-order chi connectivity index (χ0) is 13.4. The van der Waals surface area contributed by atoms with Gasteiger partial charge in [-0.15, -0.1) is 11.3 Å². The largest absolute Gasteiger partial charge is 0.507 e. The number of phenols is 1. The molecule has 1 aromatic carbocycles. The molecule has 0 saturated heterocycles. The lowest BCUT2D eigenvalue weighted by atomic mass is 10.1. The van der Waals surface area contributed by atoms with Crippen LogP contribution in [0.5, 0.6) is 5.75 Å². The summed E-state index contributed by atoms with van der Waals surface area (Å²) < 4.78 is 0. The number of aliphatic hydroxyl groups is 1. The Balaban J connectivity index is 2.35. The van der Waals surface area contributed by atoms with Crippen LogP contribution in [0.4, 0.5) is 0 Å². The number of phenolic OH excluding ortho intramolecular Hbond substituents is 1. The molecule has 0 fully saturated rings. The predicted molar refractivity (Wildman–Crippen MR) is 75.5 cm³/mol. The molecule has 3 aromatic rings. The molecule has 4 nitrogen and oxygen atoms in total. The minimum atomic E-state index is -0.228. The van der Waals surface area contributed by atoms with Crippen molar-refractivity contribution < 1.29 is 10.2 Å². The molecule has 0 bridgehead atoms. The maximum Gasteiger partial charge on any atom is 0.255 e. The summed E-state index contributed by atoms with van der Waals surface area (Å²) in [5.41, 5.74) is 0.533. The Hall–Kier alpha value is -2.11. The quantitative estimate of drug-likeness (QED) is 0.671. The molecule has 0 aliphatic carbocycles. The molecule has 0 atom stereocenters. The van der Waals surface area contributed by atoms with Crippen LogP contribution < -0.4 is 5.56 Å². The number of benzene rings is 1. The van der Waals surface area contributed by atoms with Gasteiger partial charge in [-0.2, -0.15) is 0 Å². The molecule has 3 rings (SSSR count). The Morgan fingerprint density at radius 2 is 2.05 bits per heavy atom. The molecule has 0 aliphatic rings. The maximum absolute atomic E-state index is 11.8. The fraction of sp³-hybridized carbons (Fsp3) is 0.0714. The highest BCUT2D eigenvalue weighted by Gasteiger charge is 2.12. The minimum absolute atomic E-state index is 0.0159. The Bertz CT molecular complexity index is 804. The molecule has 0 aliphatic heterocycles. The number of pyridine rings is 1. The lowest BCUT2D eigenvalue weighted by molar-refractivity contribution is 0.285. The van der Waals surface area contributed by atoms with Gasteiger partial charge in [0.05, 0.1) is 12.0 Å². The zero-order valence-corrected chi connectivity index (χ0v) is 10.7. The first kappa shape index (κ1) is 12.0. The Morgan fingerprint density at radius 1 is 1.21 bits per heavy atom. The second kappa shape index (κ2) is 4.53. The number of aromatic nitrogens is 1. The van der Waals surface area contributed by atoms with Crippen LogP contribution in [0.25, 0.3) is 21.2 Å². The first-order chi connectivity index (χ1) is 9.20. The molecule has 3 N–H and O–H groups in total. The third kappa shape index (κ3) is 1.93. The molecule has 0 spiro atoms. The van der Waals surface area contributed by atoms with Gasteiger partial charge in [-0.25, -0.2) is 0 Å². The van der Waals surface area contributed by atoms with Crippen LogP contribution in [0.2, 0.25) is 0 Å². The van der Waals surface area contributed by atoms with Crippen LogP contribution in [0.1, 0.15) is 4.88 Å². The summed E-state index contributed by atoms with van der Waals surface area (Å²) in [7, 11) is 0. The predicted octanol–water partition coefficient (Wildman–Crippen LogP) is 2.45. The van der Waals surface area contributed by atoms with Crippen molar-refractivity contribution in [3.05, 3.63) is 51.8 Å². The number of rotatable bonds is 2. The molecule has 0 saturated carbocycles. The van der Waals surface area contributed by atoms with E-state index in [1.807, 2.05) is 12.1 Å². The molecule has 2 aromatic heterocycles. The van der Waals surface area contributed by atoms with Gasteiger partial charge in [0.1, 0.15) is 5.75 Å². The number of thiophene rings is 1. The number of aliphatic hydroxyl groups excluding tert-OH is 1. The molecular formula is C14H11NO3S. The second-order valence-electron chi connectivity index (χ2n) is 4.16. The summed E-state index contributed by atoms with van der Waals surface area (Å²) in [6.07, 6.45) is 1.59. The number of fused-ring (bicyclic) bond motifs is 1. The van der Waals surface area contributed by atoms with E-state index in [0.29, 0.717) is 10.8 Å². The highest BCUT2D eigenvalue weighted by molar-refractivity contribution is 7.15. The second-order valence-corrected chi connectivity index (χ2v) is 5.32. The number of hydrogen-bond donors (Lipinski definition) is 3. The molecule has 19 heavy (non-hydrogen) atoms. The summed E-state index contributed by atoms with van der Waals surface area (Å²) in [6, 6.07) is 8.58. The van der Waals surface area contributed by atoms with E-state index in [0.717, 1.165) is 15.3 Å². The van der Waals surface area contributed by atoms with Crippen molar-refractivity contribution in [2.75, 3.05) is 0 Å². The molecule has 0 amide bonds. The molecule has 2 heterocycles. The first-order valence-electron chi connectivity index (χ1n) is 5.74. The summed E-state index contributed by atoms with van der Waals surface area (Å²) >= 11 is 1.43. The standard InChI is InChI=1S/C14H11NO3S/c16-7-8-4-5-12(19-8)10-6-15-14(18)9-2-1-3-11(17)13(9)10/h1-6,16-17H,7H2,(H,15,18). The SMILES string of the molecule is O=c1[nH]cc(-c2ccc(CO)s2)c2c(O)cccc12. The fourth-order valence-corrected chi connectivity index (χ4v) is 2.99. The average Bonchev–Trinajstić information content (AvgIpc) is 2.89. The van der Waals surface area contributed by atoms with E-state index < -0.39 is 0 Å². The normalized spacial score (nSPS) is 11.0. The first-order valence-corrected chi connectivity index (χ1v) is 6.55. The summed E-state index contributed by atoms with van der Waals surface area (Å²) in [5, 5.41) is 20.1. The van der Waals surface area contributed by atoms with Crippen LogP contribution in [0.3, 0.4) is 0 Å². The van der Waals surface area contributed by atoms with Crippen molar-refractivity contribution in [2.24, 2.45) is 0 Å². The van der Waals surface area contributed by atoms with Gasteiger partial charge in [0.25, 0.3) is 5.56 Å². The molecule has 0 unspecified atom stereocenters. The van der Waals surface area contributed by atoms with Crippen molar-refractivity contribution in [2.45, 2.75) is 6.61 Å². The third-order valence-electron chi connectivity index (χ3n) is 2.99. The van der Waals surface area contributed by atoms with Gasteiger partial charge < -0.3 is 15.2 Å². The molecular weight excluding hydrogens is 262 g/mol. The van der Waals surface area contributed by atoms with Gasteiger partial charge >= 0.3 is 0 Å². The average molecular weight is 273 g/mol. The lowest BCUT2D eigenvalue weighted by Gasteiger charge is -2.05. The van der Waals surface area contributed by atoms with Crippen molar-refractivity contribution in [3.8, 4) is 16.2 Å². The Kier molecular flexibility index (Phi) is 2.85. The summed E-state index contributed by atoms with van der Waals surface area (Å²) in [4.78, 5) is 16.2. The zero-order valence-electron chi connectivity index (χ0n) is 9.88. The molecule has 0 radical (unpaired) electrons. The van der Waals surface area contributed by atoms with Crippen molar-refractivity contribution >= 4 is 22.1 Å². The van der Waals surface area contributed by atoms with Crippen LogP contribution in [-0.2, 0) is 6.61 Å². The number of aromatic amines is 1. The smallest absolute Gasteiger partial charge is 0.255 e. The van der Waals surface area contributed by atoms with E-state index in [4.69, 9.17) is 5.11 Å². The van der Waals surface area contributed by atoms with Crippen molar-refractivity contribution in [1.82, 2.24) is 4.98 Å². The van der Waals surface area contributed by atoms with E-state index in [1.54, 1.807) is 24.4 Å².